The van der Waals surface area contributed by atoms with Crippen LogP contribution in [0.15, 0.2) is 12.5 Å². The fourth-order valence-electron chi connectivity index (χ4n) is 7.04. The molecule has 66 heavy (non-hydrogen) atoms. The number of carbonyl (C=O) groups excluding carboxylic acids is 5. The Balaban J connectivity index is 0.0000436. The molecule has 1 aromatic heterocycles. The molecule has 1 heterocycles. The molecule has 0 unspecified atom stereocenters. The molecule has 1 atom stereocenters. The van der Waals surface area contributed by atoms with E-state index in [4.69, 9.17) is 24.1 Å². The number of carboxylic acids is 2. The summed E-state index contributed by atoms with van der Waals surface area (Å²) in [6, 6.07) is 0. The SMILES string of the molecule is CC(C)(NC(=O)CCc1cnc[nH]1)C(=O)C[C@@H](CCCCNC(=O)COCCOCCNC(=O)COCCOCCCC(=O)CCCCCCCCCCCCCCCCC(=O)O)C(=O)O.[HH]. The summed E-state index contributed by atoms with van der Waals surface area (Å²) in [7, 11) is 0. The molecule has 380 valence electrons. The van der Waals surface area contributed by atoms with Crippen molar-refractivity contribution in [2.45, 2.75) is 173 Å². The van der Waals surface area contributed by atoms with Crippen LogP contribution in [0.4, 0.5) is 0 Å². The minimum atomic E-state index is -1.22. The van der Waals surface area contributed by atoms with Crippen LogP contribution in [-0.4, -0.2) is 133 Å². The molecule has 6 N–H and O–H groups in total. The lowest BCUT2D eigenvalue weighted by Gasteiger charge is -2.26. The van der Waals surface area contributed by atoms with E-state index in [0.717, 1.165) is 37.8 Å². The number of Topliss-reactive ketones (excluding diaryl/α,β-unsaturated/α-hetero) is 2. The Bertz CT molecular complexity index is 1480. The minimum Gasteiger partial charge on any atom is -0.481 e. The number of nitrogens with one attached hydrogen (secondary N) is 4. The highest BCUT2D eigenvalue weighted by Crippen LogP contribution is 2.19. The Morgan fingerprint density at radius 1 is 0.606 bits per heavy atom. The quantitative estimate of drug-likeness (QED) is 0.0393. The van der Waals surface area contributed by atoms with Gasteiger partial charge in [0.2, 0.25) is 17.7 Å². The van der Waals surface area contributed by atoms with Gasteiger partial charge in [0.1, 0.15) is 19.0 Å². The van der Waals surface area contributed by atoms with Gasteiger partial charge in [-0.3, -0.25) is 33.6 Å². The molecule has 3 amide bonds. The van der Waals surface area contributed by atoms with Gasteiger partial charge in [-0.1, -0.05) is 83.5 Å². The summed E-state index contributed by atoms with van der Waals surface area (Å²) in [6.45, 7) is 5.22. The van der Waals surface area contributed by atoms with Crippen molar-refractivity contribution in [3.05, 3.63) is 18.2 Å². The number of ketones is 2. The number of hydrogen-bond donors (Lipinski definition) is 6. The Morgan fingerprint density at radius 2 is 1.12 bits per heavy atom. The fraction of sp³-hybridized carbons (Fsp3) is 0.792. The second-order valence-electron chi connectivity index (χ2n) is 17.4. The largest absolute Gasteiger partial charge is 0.481 e. The molecule has 0 radical (unpaired) electrons. The van der Waals surface area contributed by atoms with Gasteiger partial charge in [-0.2, -0.15) is 0 Å². The molecule has 0 aliphatic rings. The first-order valence-electron chi connectivity index (χ1n) is 24.4. The first kappa shape index (κ1) is 59.8. The number of imidazole rings is 1. The Kier molecular flexibility index (Phi) is 36.1. The zero-order valence-corrected chi connectivity index (χ0v) is 40.1. The van der Waals surface area contributed by atoms with Crippen molar-refractivity contribution in [1.82, 2.24) is 25.9 Å². The normalized spacial score (nSPS) is 11.8. The number of aromatic amines is 1. The Morgan fingerprint density at radius 3 is 1.67 bits per heavy atom. The maximum absolute atomic E-state index is 12.9. The average Bonchev–Trinajstić information content (AvgIpc) is 3.80. The lowest BCUT2D eigenvalue weighted by molar-refractivity contribution is -0.145. The highest BCUT2D eigenvalue weighted by Gasteiger charge is 2.33. The van der Waals surface area contributed by atoms with E-state index >= 15 is 0 Å². The average molecular weight is 940 g/mol. The summed E-state index contributed by atoms with van der Waals surface area (Å²) in [6.07, 6.45) is 23.1. The smallest absolute Gasteiger partial charge is 0.306 e. The van der Waals surface area contributed by atoms with E-state index in [0.29, 0.717) is 64.7 Å². The van der Waals surface area contributed by atoms with Crippen LogP contribution >= 0.6 is 0 Å². The van der Waals surface area contributed by atoms with Crippen molar-refractivity contribution in [2.24, 2.45) is 5.92 Å². The van der Waals surface area contributed by atoms with Gasteiger partial charge in [0.15, 0.2) is 5.78 Å². The van der Waals surface area contributed by atoms with Crippen LogP contribution in [0.3, 0.4) is 0 Å². The molecular weight excluding hydrogens is 855 g/mol. The van der Waals surface area contributed by atoms with Crippen molar-refractivity contribution in [3.63, 3.8) is 0 Å². The van der Waals surface area contributed by atoms with Crippen molar-refractivity contribution in [2.75, 3.05) is 65.9 Å². The van der Waals surface area contributed by atoms with Gasteiger partial charge < -0.3 is 50.1 Å². The first-order valence-corrected chi connectivity index (χ1v) is 24.4. The maximum Gasteiger partial charge on any atom is 0.306 e. The highest BCUT2D eigenvalue weighted by molar-refractivity contribution is 5.94. The fourth-order valence-corrected chi connectivity index (χ4v) is 7.04. The van der Waals surface area contributed by atoms with E-state index in [1.807, 2.05) is 0 Å². The van der Waals surface area contributed by atoms with Gasteiger partial charge in [-0.25, -0.2) is 4.98 Å². The Hall–Kier alpha value is -4.26. The van der Waals surface area contributed by atoms with Gasteiger partial charge in [0.05, 0.1) is 50.8 Å². The summed E-state index contributed by atoms with van der Waals surface area (Å²) >= 11 is 0. The van der Waals surface area contributed by atoms with E-state index in [1.165, 1.54) is 64.1 Å². The first-order chi connectivity index (χ1) is 31.8. The molecule has 0 fully saturated rings. The minimum absolute atomic E-state index is 0. The molecule has 0 aliphatic carbocycles. The monoisotopic (exact) mass is 940 g/mol. The zero-order chi connectivity index (χ0) is 48.5. The van der Waals surface area contributed by atoms with E-state index in [9.17, 15) is 38.7 Å². The van der Waals surface area contributed by atoms with Gasteiger partial charge in [0.25, 0.3) is 0 Å². The highest BCUT2D eigenvalue weighted by atomic mass is 16.5. The van der Waals surface area contributed by atoms with Crippen LogP contribution in [0.1, 0.15) is 169 Å². The van der Waals surface area contributed by atoms with Crippen LogP contribution < -0.4 is 16.0 Å². The van der Waals surface area contributed by atoms with Crippen LogP contribution in [-0.2, 0) is 58.9 Å². The molecule has 0 saturated heterocycles. The van der Waals surface area contributed by atoms with Crippen LogP contribution in [0.5, 0.6) is 0 Å². The van der Waals surface area contributed by atoms with Crippen LogP contribution in [0, 0.1) is 5.92 Å². The number of unbranched alkanes of at least 4 members (excludes halogenated alkanes) is 14. The predicted molar refractivity (Wildman–Crippen MR) is 251 cm³/mol. The summed E-state index contributed by atoms with van der Waals surface area (Å²) in [4.78, 5) is 90.7. The number of nitrogens with zero attached hydrogens (tertiary/aromatic N) is 1. The van der Waals surface area contributed by atoms with Crippen molar-refractivity contribution >= 4 is 41.2 Å². The van der Waals surface area contributed by atoms with E-state index in [2.05, 4.69) is 25.9 Å². The van der Waals surface area contributed by atoms with Crippen molar-refractivity contribution in [1.29, 1.82) is 0 Å². The van der Waals surface area contributed by atoms with E-state index in [-0.39, 0.29) is 96.2 Å². The molecule has 1 aromatic rings. The van der Waals surface area contributed by atoms with Gasteiger partial charge in [0, 0.05) is 65.1 Å². The molecule has 0 spiro atoms. The second-order valence-corrected chi connectivity index (χ2v) is 17.4. The van der Waals surface area contributed by atoms with Gasteiger partial charge >= 0.3 is 11.9 Å². The summed E-state index contributed by atoms with van der Waals surface area (Å²) in [5.74, 6) is -3.71. The maximum atomic E-state index is 12.9. The molecule has 0 aromatic carbocycles. The van der Waals surface area contributed by atoms with Crippen LogP contribution in [0.2, 0.25) is 0 Å². The third kappa shape index (κ3) is 35.9. The number of hydrogen-bond acceptors (Lipinski definition) is 12. The molecule has 18 nitrogen and oxygen atoms in total. The zero-order valence-electron chi connectivity index (χ0n) is 40.1. The molecule has 0 aliphatic heterocycles. The van der Waals surface area contributed by atoms with E-state index < -0.39 is 23.4 Å². The third-order valence-electron chi connectivity index (χ3n) is 11.0. The third-order valence-corrected chi connectivity index (χ3v) is 11.0. The molecular formula is C48H85N5O13. The van der Waals surface area contributed by atoms with Gasteiger partial charge in [-0.05, 0) is 52.4 Å². The standard InChI is InChI=1S/C48H83N5O13.H2/c1-48(2,53-43(56)25-24-40-35-49-38-52-40)42(55)34-39(47(61)62)20-17-18-26-50-44(57)36-66-33-31-64-29-27-51-45(58)37-65-32-30-63-28-19-22-41(54)21-15-13-11-9-7-5-3-4-6-8-10-12-14-16-23-46(59)60;/h35,38-39H,3-34,36-37H2,1-2H3,(H,49,52)(H,50,57)(H,51,58)(H,53,56)(H,59,60)(H,61,62);1H/t39-;/m1./s1. The number of carbonyl (C=O) groups is 7. The number of ether oxygens (including phenoxy) is 4. The number of aromatic nitrogens is 2. The summed E-state index contributed by atoms with van der Waals surface area (Å²) in [5, 5.41) is 26.4. The number of H-pyrrole nitrogens is 1. The van der Waals surface area contributed by atoms with Crippen molar-refractivity contribution in [3.8, 4) is 0 Å². The lowest BCUT2D eigenvalue weighted by Crippen LogP contribution is -2.50. The summed E-state index contributed by atoms with van der Waals surface area (Å²) < 4.78 is 21.6. The number of aliphatic carboxylic acids is 2. The number of amides is 3. The second kappa shape index (κ2) is 39.9. The molecule has 1 rings (SSSR count). The lowest BCUT2D eigenvalue weighted by atomic mass is 9.88. The van der Waals surface area contributed by atoms with E-state index in [1.54, 1.807) is 20.0 Å². The predicted octanol–water partition coefficient (Wildman–Crippen LogP) is 6.29. The molecule has 0 bridgehead atoms. The van der Waals surface area contributed by atoms with Crippen molar-refractivity contribution < 1.29 is 64.1 Å². The van der Waals surface area contributed by atoms with Gasteiger partial charge in [-0.15, -0.1) is 0 Å². The Labute approximate surface area is 394 Å². The molecule has 18 heteroatoms. The number of rotatable bonds is 47. The molecule has 0 saturated carbocycles. The number of carboxylic acid groups (broad SMARTS) is 2. The van der Waals surface area contributed by atoms with Crippen LogP contribution in [0.25, 0.3) is 0 Å². The summed E-state index contributed by atoms with van der Waals surface area (Å²) in [5.41, 5.74) is -0.421. The topological polar surface area (TPSA) is 262 Å². The number of aryl methyl sites for hydroxylation is 1.